The van der Waals surface area contributed by atoms with Crippen molar-refractivity contribution < 1.29 is 9.13 Å². The van der Waals surface area contributed by atoms with E-state index in [0.717, 1.165) is 38.3 Å². The molecule has 0 aromatic heterocycles. The molecule has 25 heavy (non-hydrogen) atoms. The van der Waals surface area contributed by atoms with Gasteiger partial charge in [0, 0.05) is 18.8 Å². The van der Waals surface area contributed by atoms with Gasteiger partial charge in [-0.2, -0.15) is 0 Å². The number of halogens is 1. The predicted molar refractivity (Wildman–Crippen MR) is 99.7 cm³/mol. The monoisotopic (exact) mass is 340 g/mol. The lowest BCUT2D eigenvalue weighted by atomic mass is 9.73. The Balaban J connectivity index is 1.68. The Bertz CT molecular complexity index is 768. The molecule has 0 bridgehead atoms. The molecular weight excluding hydrogens is 315 g/mol. The molecule has 2 aromatic carbocycles. The van der Waals surface area contributed by atoms with E-state index in [9.17, 15) is 4.39 Å². The van der Waals surface area contributed by atoms with E-state index in [2.05, 4.69) is 48.3 Å². The first-order valence-electron chi connectivity index (χ1n) is 9.01. The molecule has 2 aliphatic rings. The molecule has 1 saturated heterocycles. The number of fused-ring (bicyclic) bond motifs is 1. The molecule has 1 N–H and O–H groups in total. The average Bonchev–Trinajstić information content (AvgIpc) is 2.61. The van der Waals surface area contributed by atoms with Crippen molar-refractivity contribution in [3.05, 3.63) is 59.4 Å². The first-order valence-corrected chi connectivity index (χ1v) is 9.01. The number of hydrogen-bond donors (Lipinski definition) is 1. The Morgan fingerprint density at radius 1 is 1.12 bits per heavy atom. The summed E-state index contributed by atoms with van der Waals surface area (Å²) in [6.45, 7) is 7.89. The summed E-state index contributed by atoms with van der Waals surface area (Å²) < 4.78 is 19.8. The average molecular weight is 340 g/mol. The zero-order valence-corrected chi connectivity index (χ0v) is 14.9. The lowest BCUT2D eigenvalue weighted by molar-refractivity contribution is 0.122. The van der Waals surface area contributed by atoms with Crippen molar-refractivity contribution in [3.63, 3.8) is 0 Å². The van der Waals surface area contributed by atoms with Gasteiger partial charge in [0.05, 0.1) is 24.9 Å². The van der Waals surface area contributed by atoms with Gasteiger partial charge in [-0.1, -0.05) is 38.1 Å². The van der Waals surface area contributed by atoms with Crippen LogP contribution in [-0.2, 0) is 11.2 Å². The zero-order chi connectivity index (χ0) is 17.4. The molecule has 0 aliphatic carbocycles. The van der Waals surface area contributed by atoms with Crippen LogP contribution in [0.15, 0.2) is 42.5 Å². The highest BCUT2D eigenvalue weighted by atomic mass is 19.1. The molecule has 0 radical (unpaired) electrons. The molecular formula is C21H25FN2O. The Morgan fingerprint density at radius 2 is 1.88 bits per heavy atom. The Labute approximate surface area is 148 Å². The van der Waals surface area contributed by atoms with Crippen LogP contribution >= 0.6 is 0 Å². The van der Waals surface area contributed by atoms with Crippen LogP contribution in [-0.4, -0.2) is 26.3 Å². The first kappa shape index (κ1) is 16.4. The molecule has 0 saturated carbocycles. The van der Waals surface area contributed by atoms with Crippen LogP contribution in [0.25, 0.3) is 0 Å². The maximum atomic E-state index is 14.3. The number of para-hydroxylation sites is 1. The van der Waals surface area contributed by atoms with Crippen LogP contribution in [0, 0.1) is 11.2 Å². The predicted octanol–water partition coefficient (Wildman–Crippen LogP) is 4.40. The SMILES string of the molecule is CC1(C)Cc2cccc(F)c2NC1c1cccc(N2CCOCC2)c1. The standard InChI is InChI=1S/C21H25FN2O/c1-21(2)14-16-6-4-8-18(22)19(16)23-20(21)15-5-3-7-17(13-15)24-9-11-25-12-10-24/h3-8,13,20,23H,9-12,14H2,1-2H3. The summed E-state index contributed by atoms with van der Waals surface area (Å²) in [5.41, 5.74) is 4.15. The third-order valence-electron chi connectivity index (χ3n) is 5.40. The third-order valence-corrected chi connectivity index (χ3v) is 5.40. The molecule has 2 aliphatic heterocycles. The third kappa shape index (κ3) is 3.11. The van der Waals surface area contributed by atoms with Gasteiger partial charge in [-0.3, -0.25) is 0 Å². The van der Waals surface area contributed by atoms with Gasteiger partial charge in [0.1, 0.15) is 5.82 Å². The van der Waals surface area contributed by atoms with E-state index in [0.29, 0.717) is 5.69 Å². The van der Waals surface area contributed by atoms with Crippen LogP contribution in [0.5, 0.6) is 0 Å². The molecule has 3 nitrogen and oxygen atoms in total. The van der Waals surface area contributed by atoms with Crippen LogP contribution in [0.4, 0.5) is 15.8 Å². The van der Waals surface area contributed by atoms with Crippen molar-refractivity contribution >= 4 is 11.4 Å². The number of anilines is 2. The van der Waals surface area contributed by atoms with Crippen molar-refractivity contribution in [2.75, 3.05) is 36.5 Å². The van der Waals surface area contributed by atoms with E-state index in [4.69, 9.17) is 4.74 Å². The second kappa shape index (κ2) is 6.34. The number of nitrogens with one attached hydrogen (secondary N) is 1. The summed E-state index contributed by atoms with van der Waals surface area (Å²) in [6.07, 6.45) is 0.861. The molecule has 132 valence electrons. The summed E-state index contributed by atoms with van der Waals surface area (Å²) in [7, 11) is 0. The van der Waals surface area contributed by atoms with Gasteiger partial charge < -0.3 is 15.0 Å². The number of nitrogens with zero attached hydrogens (tertiary/aromatic N) is 1. The summed E-state index contributed by atoms with van der Waals surface area (Å²) >= 11 is 0. The summed E-state index contributed by atoms with van der Waals surface area (Å²) in [6, 6.07) is 14.1. The molecule has 2 heterocycles. The van der Waals surface area contributed by atoms with Gasteiger partial charge in [-0.15, -0.1) is 0 Å². The second-order valence-electron chi connectivity index (χ2n) is 7.71. The fourth-order valence-electron chi connectivity index (χ4n) is 4.07. The van der Waals surface area contributed by atoms with E-state index in [1.54, 1.807) is 6.07 Å². The fraction of sp³-hybridized carbons (Fsp3) is 0.429. The van der Waals surface area contributed by atoms with Crippen molar-refractivity contribution in [1.82, 2.24) is 0 Å². The summed E-state index contributed by atoms with van der Waals surface area (Å²) in [5.74, 6) is -0.165. The molecule has 1 fully saturated rings. The molecule has 1 unspecified atom stereocenters. The van der Waals surface area contributed by atoms with E-state index >= 15 is 0 Å². The number of morpholine rings is 1. The molecule has 2 aromatic rings. The molecule has 0 spiro atoms. The van der Waals surface area contributed by atoms with E-state index in [1.807, 2.05) is 6.07 Å². The zero-order valence-electron chi connectivity index (χ0n) is 14.9. The first-order chi connectivity index (χ1) is 12.0. The highest BCUT2D eigenvalue weighted by Gasteiger charge is 2.37. The Morgan fingerprint density at radius 3 is 2.68 bits per heavy atom. The normalized spacial score (nSPS) is 22.2. The van der Waals surface area contributed by atoms with Crippen molar-refractivity contribution in [2.24, 2.45) is 5.41 Å². The minimum absolute atomic E-state index is 0.00439. The summed E-state index contributed by atoms with van der Waals surface area (Å²) in [5, 5.41) is 3.48. The number of rotatable bonds is 2. The Hall–Kier alpha value is -2.07. The van der Waals surface area contributed by atoms with Gasteiger partial charge >= 0.3 is 0 Å². The highest BCUT2D eigenvalue weighted by molar-refractivity contribution is 5.59. The van der Waals surface area contributed by atoms with Crippen LogP contribution in [0.2, 0.25) is 0 Å². The maximum absolute atomic E-state index is 14.3. The molecule has 0 amide bonds. The van der Waals surface area contributed by atoms with Crippen molar-refractivity contribution in [1.29, 1.82) is 0 Å². The van der Waals surface area contributed by atoms with Gasteiger partial charge in [0.25, 0.3) is 0 Å². The van der Waals surface area contributed by atoms with E-state index in [1.165, 1.54) is 17.3 Å². The Kier molecular flexibility index (Phi) is 4.16. The fourth-order valence-corrected chi connectivity index (χ4v) is 4.07. The van der Waals surface area contributed by atoms with Crippen molar-refractivity contribution in [3.8, 4) is 0 Å². The minimum atomic E-state index is -0.165. The van der Waals surface area contributed by atoms with Gasteiger partial charge in [-0.05, 0) is 41.2 Å². The number of benzene rings is 2. The number of hydrogen-bond acceptors (Lipinski definition) is 3. The molecule has 4 heteroatoms. The molecule has 4 rings (SSSR count). The maximum Gasteiger partial charge on any atom is 0.146 e. The van der Waals surface area contributed by atoms with E-state index in [-0.39, 0.29) is 17.3 Å². The quantitative estimate of drug-likeness (QED) is 0.877. The highest BCUT2D eigenvalue weighted by Crippen LogP contribution is 2.45. The van der Waals surface area contributed by atoms with Gasteiger partial charge in [0.2, 0.25) is 0 Å². The van der Waals surface area contributed by atoms with E-state index < -0.39 is 0 Å². The minimum Gasteiger partial charge on any atom is -0.378 e. The van der Waals surface area contributed by atoms with Crippen molar-refractivity contribution in [2.45, 2.75) is 26.3 Å². The molecule has 1 atom stereocenters. The second-order valence-corrected chi connectivity index (χ2v) is 7.71. The number of ether oxygens (including phenoxy) is 1. The van der Waals surface area contributed by atoms with Crippen LogP contribution in [0.3, 0.4) is 0 Å². The van der Waals surface area contributed by atoms with Gasteiger partial charge in [0.15, 0.2) is 0 Å². The smallest absolute Gasteiger partial charge is 0.146 e. The van der Waals surface area contributed by atoms with Crippen LogP contribution in [0.1, 0.15) is 31.0 Å². The lowest BCUT2D eigenvalue weighted by Gasteiger charge is -2.41. The van der Waals surface area contributed by atoms with Crippen LogP contribution < -0.4 is 10.2 Å². The largest absolute Gasteiger partial charge is 0.378 e. The summed E-state index contributed by atoms with van der Waals surface area (Å²) in [4.78, 5) is 2.36. The van der Waals surface area contributed by atoms with Gasteiger partial charge in [-0.25, -0.2) is 4.39 Å². The topological polar surface area (TPSA) is 24.5 Å². The lowest BCUT2D eigenvalue weighted by Crippen LogP contribution is -2.37.